The van der Waals surface area contributed by atoms with Crippen molar-refractivity contribution in [3.8, 4) is 5.75 Å². The van der Waals surface area contributed by atoms with Crippen LogP contribution in [0, 0.1) is 5.92 Å². The molecule has 1 aromatic rings. The van der Waals surface area contributed by atoms with Gasteiger partial charge in [0.05, 0.1) is 13.7 Å². The van der Waals surface area contributed by atoms with E-state index in [-0.39, 0.29) is 5.91 Å². The number of benzene rings is 1. The standard InChI is InChI=1S/C21H34N2O2/c1-16-6-10-19(11-7-16)23(4)21(24)15-22(3)17(2)14-18-8-12-20(25-5)13-9-18/h8-9,12-13,16-17,19H,6-7,10-11,14-15H2,1-5H3. The fourth-order valence-electron chi connectivity index (χ4n) is 3.57. The molecule has 1 saturated carbocycles. The van der Waals surface area contributed by atoms with Crippen LogP contribution in [0.3, 0.4) is 0 Å². The van der Waals surface area contributed by atoms with Crippen molar-refractivity contribution < 1.29 is 9.53 Å². The fourth-order valence-corrected chi connectivity index (χ4v) is 3.57. The lowest BCUT2D eigenvalue weighted by Gasteiger charge is -2.35. The molecule has 1 unspecified atom stereocenters. The number of carbonyl (C=O) groups excluding carboxylic acids is 1. The van der Waals surface area contributed by atoms with Crippen molar-refractivity contribution in [1.82, 2.24) is 9.80 Å². The summed E-state index contributed by atoms with van der Waals surface area (Å²) in [6.45, 7) is 4.98. The normalized spacial score (nSPS) is 21.8. The average molecular weight is 347 g/mol. The molecule has 0 heterocycles. The molecular formula is C21H34N2O2. The number of hydrogen-bond acceptors (Lipinski definition) is 3. The number of hydrogen-bond donors (Lipinski definition) is 0. The Balaban J connectivity index is 1.82. The summed E-state index contributed by atoms with van der Waals surface area (Å²) >= 11 is 0. The van der Waals surface area contributed by atoms with Crippen LogP contribution in [0.15, 0.2) is 24.3 Å². The highest BCUT2D eigenvalue weighted by molar-refractivity contribution is 5.78. The quantitative estimate of drug-likeness (QED) is 0.756. The maximum Gasteiger partial charge on any atom is 0.236 e. The lowest BCUT2D eigenvalue weighted by atomic mass is 9.87. The molecule has 1 aliphatic rings. The molecule has 0 N–H and O–H groups in total. The molecule has 4 heteroatoms. The monoisotopic (exact) mass is 346 g/mol. The van der Waals surface area contributed by atoms with E-state index in [1.165, 1.54) is 18.4 Å². The summed E-state index contributed by atoms with van der Waals surface area (Å²) < 4.78 is 5.20. The highest BCUT2D eigenvalue weighted by Crippen LogP contribution is 2.26. The zero-order valence-electron chi connectivity index (χ0n) is 16.5. The van der Waals surface area contributed by atoms with Gasteiger partial charge >= 0.3 is 0 Å². The second-order valence-electron chi connectivity index (χ2n) is 7.73. The largest absolute Gasteiger partial charge is 0.497 e. The van der Waals surface area contributed by atoms with Crippen LogP contribution in [0.2, 0.25) is 0 Å². The summed E-state index contributed by atoms with van der Waals surface area (Å²) in [4.78, 5) is 16.8. The van der Waals surface area contributed by atoms with Gasteiger partial charge in [0, 0.05) is 19.1 Å². The van der Waals surface area contributed by atoms with E-state index in [9.17, 15) is 4.79 Å². The van der Waals surface area contributed by atoms with E-state index in [1.54, 1.807) is 7.11 Å². The van der Waals surface area contributed by atoms with Crippen molar-refractivity contribution in [3.63, 3.8) is 0 Å². The van der Waals surface area contributed by atoms with Gasteiger partial charge in [-0.15, -0.1) is 0 Å². The third kappa shape index (κ3) is 5.74. The lowest BCUT2D eigenvalue weighted by Crippen LogP contribution is -2.45. The zero-order valence-corrected chi connectivity index (χ0v) is 16.5. The van der Waals surface area contributed by atoms with E-state index >= 15 is 0 Å². The third-order valence-corrected chi connectivity index (χ3v) is 5.75. The first-order valence-electron chi connectivity index (χ1n) is 9.49. The highest BCUT2D eigenvalue weighted by atomic mass is 16.5. The number of likely N-dealkylation sites (N-methyl/N-ethyl adjacent to an activating group) is 2. The second kappa shape index (κ2) is 9.23. The number of nitrogens with zero attached hydrogens (tertiary/aromatic N) is 2. The van der Waals surface area contributed by atoms with Crippen LogP contribution < -0.4 is 4.74 Å². The van der Waals surface area contributed by atoms with Crippen molar-refractivity contribution in [2.45, 2.75) is 58.0 Å². The van der Waals surface area contributed by atoms with Crippen LogP contribution in [-0.2, 0) is 11.2 Å². The van der Waals surface area contributed by atoms with Crippen LogP contribution in [0.5, 0.6) is 5.75 Å². The molecule has 4 nitrogen and oxygen atoms in total. The van der Waals surface area contributed by atoms with E-state index < -0.39 is 0 Å². The first kappa shape index (κ1) is 19.8. The van der Waals surface area contributed by atoms with Gasteiger partial charge in [0.25, 0.3) is 0 Å². The van der Waals surface area contributed by atoms with E-state index in [2.05, 4.69) is 30.9 Å². The Kier molecular flexibility index (Phi) is 7.30. The highest BCUT2D eigenvalue weighted by Gasteiger charge is 2.25. The summed E-state index contributed by atoms with van der Waals surface area (Å²) in [5.41, 5.74) is 1.27. The number of carbonyl (C=O) groups is 1. The minimum atomic E-state index is 0.239. The molecular weight excluding hydrogens is 312 g/mol. The molecule has 0 radical (unpaired) electrons. The van der Waals surface area contributed by atoms with Crippen molar-refractivity contribution in [2.24, 2.45) is 5.92 Å². The Hall–Kier alpha value is -1.55. The molecule has 0 bridgehead atoms. The molecule has 1 amide bonds. The van der Waals surface area contributed by atoms with Gasteiger partial charge in [-0.3, -0.25) is 9.69 Å². The van der Waals surface area contributed by atoms with E-state index in [0.29, 0.717) is 18.6 Å². The second-order valence-corrected chi connectivity index (χ2v) is 7.73. The fraction of sp³-hybridized carbons (Fsp3) is 0.667. The summed E-state index contributed by atoms with van der Waals surface area (Å²) in [6.07, 6.45) is 5.71. The zero-order chi connectivity index (χ0) is 18.4. The van der Waals surface area contributed by atoms with E-state index in [4.69, 9.17) is 4.74 Å². The van der Waals surface area contributed by atoms with E-state index in [1.807, 2.05) is 31.1 Å². The van der Waals surface area contributed by atoms with Gasteiger partial charge in [0.15, 0.2) is 0 Å². The Bertz CT molecular complexity index is 535. The predicted molar refractivity (Wildman–Crippen MR) is 103 cm³/mol. The molecule has 0 aromatic heterocycles. The van der Waals surface area contributed by atoms with Crippen LogP contribution in [0.4, 0.5) is 0 Å². The van der Waals surface area contributed by atoms with Gasteiger partial charge in [0.1, 0.15) is 5.75 Å². The third-order valence-electron chi connectivity index (χ3n) is 5.75. The number of ether oxygens (including phenoxy) is 1. The molecule has 2 rings (SSSR count). The predicted octanol–water partition coefficient (Wildman–Crippen LogP) is 3.60. The molecule has 140 valence electrons. The first-order chi connectivity index (χ1) is 11.9. The Morgan fingerprint density at radius 3 is 2.32 bits per heavy atom. The van der Waals surface area contributed by atoms with Crippen molar-refractivity contribution >= 4 is 5.91 Å². The molecule has 1 atom stereocenters. The maximum atomic E-state index is 12.6. The molecule has 0 spiro atoms. The number of methoxy groups -OCH3 is 1. The first-order valence-corrected chi connectivity index (χ1v) is 9.49. The molecule has 0 saturated heterocycles. The van der Waals surface area contributed by atoms with Gasteiger partial charge in [-0.05, 0) is 69.7 Å². The van der Waals surface area contributed by atoms with Gasteiger partial charge in [-0.25, -0.2) is 0 Å². The van der Waals surface area contributed by atoms with Gasteiger partial charge < -0.3 is 9.64 Å². The molecule has 1 aromatic carbocycles. The van der Waals surface area contributed by atoms with Gasteiger partial charge in [-0.1, -0.05) is 19.1 Å². The Labute approximate surface area is 153 Å². The van der Waals surface area contributed by atoms with Crippen molar-refractivity contribution in [2.75, 3.05) is 27.7 Å². The molecule has 25 heavy (non-hydrogen) atoms. The van der Waals surface area contributed by atoms with E-state index in [0.717, 1.165) is 30.9 Å². The van der Waals surface area contributed by atoms with Crippen LogP contribution >= 0.6 is 0 Å². The minimum Gasteiger partial charge on any atom is -0.497 e. The summed E-state index contributed by atoms with van der Waals surface area (Å²) in [5, 5.41) is 0. The lowest BCUT2D eigenvalue weighted by molar-refractivity contribution is -0.134. The SMILES string of the molecule is COc1ccc(CC(C)N(C)CC(=O)N(C)C2CCC(C)CC2)cc1. The average Bonchev–Trinajstić information content (AvgIpc) is 2.62. The summed E-state index contributed by atoms with van der Waals surface area (Å²) in [7, 11) is 5.70. The topological polar surface area (TPSA) is 32.8 Å². The number of amides is 1. The van der Waals surface area contributed by atoms with Crippen LogP contribution in [0.25, 0.3) is 0 Å². The Morgan fingerprint density at radius 2 is 1.76 bits per heavy atom. The smallest absolute Gasteiger partial charge is 0.236 e. The van der Waals surface area contributed by atoms with Crippen LogP contribution in [-0.4, -0.2) is 55.5 Å². The van der Waals surface area contributed by atoms with Crippen molar-refractivity contribution in [3.05, 3.63) is 29.8 Å². The molecule has 1 aliphatic carbocycles. The summed E-state index contributed by atoms with van der Waals surface area (Å²) in [5.74, 6) is 1.93. The Morgan fingerprint density at radius 1 is 1.16 bits per heavy atom. The molecule has 1 fully saturated rings. The minimum absolute atomic E-state index is 0.239. The molecule has 0 aliphatic heterocycles. The van der Waals surface area contributed by atoms with Gasteiger partial charge in [-0.2, -0.15) is 0 Å². The number of rotatable bonds is 7. The maximum absolute atomic E-state index is 12.6. The van der Waals surface area contributed by atoms with Crippen LogP contribution in [0.1, 0.15) is 45.1 Å². The van der Waals surface area contributed by atoms with Gasteiger partial charge in [0.2, 0.25) is 5.91 Å². The van der Waals surface area contributed by atoms with Crippen molar-refractivity contribution in [1.29, 1.82) is 0 Å². The summed E-state index contributed by atoms with van der Waals surface area (Å²) in [6, 6.07) is 8.92.